The Balaban J connectivity index is 0.996. The Labute approximate surface area is 410 Å². The van der Waals surface area contributed by atoms with Gasteiger partial charge in [0, 0.05) is 56.1 Å². The normalized spacial score (nSPS) is 15.0. The molecule has 10 aromatic carbocycles. The highest BCUT2D eigenvalue weighted by Crippen LogP contribution is 2.64. The van der Waals surface area contributed by atoms with E-state index in [1.807, 2.05) is 0 Å². The van der Waals surface area contributed by atoms with Gasteiger partial charge >= 0.3 is 0 Å². The molecule has 4 aliphatic rings. The van der Waals surface area contributed by atoms with Crippen molar-refractivity contribution in [3.05, 3.63) is 275 Å². The summed E-state index contributed by atoms with van der Waals surface area (Å²) in [6.45, 7) is 9.45. The van der Waals surface area contributed by atoms with Gasteiger partial charge in [-0.05, 0) is 152 Å². The smallest absolute Gasteiger partial charge is 0.132 e. The van der Waals surface area contributed by atoms with Gasteiger partial charge in [-0.15, -0.1) is 0 Å². The van der Waals surface area contributed by atoms with Gasteiger partial charge in [0.05, 0.1) is 5.41 Å². The quantitative estimate of drug-likeness (QED) is 0.165. The van der Waals surface area contributed by atoms with Crippen molar-refractivity contribution in [2.45, 2.75) is 43.9 Å². The number of rotatable bonds is 6. The molecular weight excluding hydrogens is 849 g/mol. The fourth-order valence-electron chi connectivity index (χ4n) is 12.9. The summed E-state index contributed by atoms with van der Waals surface area (Å²) in [6, 6.07) is 85.4. The fraction of sp³-hybridized carbons (Fsp3) is 0.104. The molecule has 0 unspecified atom stereocenters. The number of anilines is 6. The Kier molecular flexibility index (Phi) is 8.59. The van der Waals surface area contributed by atoms with Crippen molar-refractivity contribution in [2.75, 3.05) is 9.80 Å². The molecule has 10 aromatic rings. The van der Waals surface area contributed by atoms with Gasteiger partial charge in [-0.1, -0.05) is 173 Å². The lowest BCUT2D eigenvalue weighted by molar-refractivity contribution is 0.436. The minimum absolute atomic E-state index is 0.143. The van der Waals surface area contributed by atoms with E-state index >= 15 is 0 Å². The molecule has 0 bridgehead atoms. The predicted molar refractivity (Wildman–Crippen MR) is 288 cm³/mol. The van der Waals surface area contributed by atoms with Crippen LogP contribution in [-0.2, 0) is 16.2 Å². The lowest BCUT2D eigenvalue weighted by Gasteiger charge is -2.40. The molecule has 3 heteroatoms. The molecule has 1 spiro atoms. The molecule has 1 aliphatic heterocycles. The number of benzene rings is 10. The zero-order valence-corrected chi connectivity index (χ0v) is 39.7. The van der Waals surface area contributed by atoms with E-state index < -0.39 is 5.41 Å². The minimum Gasteiger partial charge on any atom is -0.457 e. The van der Waals surface area contributed by atoms with E-state index in [4.69, 9.17) is 4.74 Å². The molecule has 70 heavy (non-hydrogen) atoms. The molecule has 0 atom stereocenters. The highest BCUT2D eigenvalue weighted by atomic mass is 16.5. The number of para-hydroxylation sites is 4. The highest BCUT2D eigenvalue weighted by molar-refractivity contribution is 5.94. The second-order valence-corrected chi connectivity index (χ2v) is 20.4. The maximum atomic E-state index is 6.88. The summed E-state index contributed by atoms with van der Waals surface area (Å²) in [7, 11) is 0. The summed E-state index contributed by atoms with van der Waals surface area (Å²) in [6.07, 6.45) is 0. The molecule has 0 amide bonds. The van der Waals surface area contributed by atoms with E-state index in [-0.39, 0.29) is 10.8 Å². The van der Waals surface area contributed by atoms with Crippen molar-refractivity contribution in [1.82, 2.24) is 0 Å². The summed E-state index contributed by atoms with van der Waals surface area (Å²) in [5, 5.41) is 0. The molecule has 3 nitrogen and oxygen atoms in total. The Hall–Kier alpha value is -8.40. The Morgan fingerprint density at radius 1 is 0.257 bits per heavy atom. The number of nitrogens with zero attached hydrogens (tertiary/aromatic N) is 2. The predicted octanol–water partition coefficient (Wildman–Crippen LogP) is 17.7. The third-order valence-electron chi connectivity index (χ3n) is 16.1. The van der Waals surface area contributed by atoms with E-state index in [0.717, 1.165) is 56.8 Å². The number of ether oxygens (including phenoxy) is 1. The average Bonchev–Trinajstić information content (AvgIpc) is 3.91. The summed E-state index contributed by atoms with van der Waals surface area (Å²) in [5.74, 6) is 1.74. The summed E-state index contributed by atoms with van der Waals surface area (Å²) >= 11 is 0. The van der Waals surface area contributed by atoms with Gasteiger partial charge < -0.3 is 14.5 Å². The zero-order valence-electron chi connectivity index (χ0n) is 39.7. The van der Waals surface area contributed by atoms with Crippen molar-refractivity contribution in [3.63, 3.8) is 0 Å². The van der Waals surface area contributed by atoms with Crippen molar-refractivity contribution < 1.29 is 4.74 Å². The van der Waals surface area contributed by atoms with Crippen molar-refractivity contribution in [2.24, 2.45) is 0 Å². The second kappa shape index (κ2) is 14.8. The van der Waals surface area contributed by atoms with Crippen LogP contribution < -0.4 is 14.5 Å². The van der Waals surface area contributed by atoms with Gasteiger partial charge in [-0.25, -0.2) is 0 Å². The number of hydrogen-bond acceptors (Lipinski definition) is 3. The summed E-state index contributed by atoms with van der Waals surface area (Å²) in [4.78, 5) is 4.90. The van der Waals surface area contributed by atoms with Crippen LogP contribution in [0.2, 0.25) is 0 Å². The van der Waals surface area contributed by atoms with E-state index in [9.17, 15) is 0 Å². The maximum absolute atomic E-state index is 6.88. The number of fused-ring (bicyclic) bond motifs is 15. The number of hydrogen-bond donors (Lipinski definition) is 0. The summed E-state index contributed by atoms with van der Waals surface area (Å²) < 4.78 is 6.88. The Morgan fingerprint density at radius 3 is 0.957 bits per heavy atom. The summed E-state index contributed by atoms with van der Waals surface area (Å²) in [5.41, 5.74) is 23.5. The molecule has 0 N–H and O–H groups in total. The van der Waals surface area contributed by atoms with Crippen molar-refractivity contribution in [1.29, 1.82) is 0 Å². The van der Waals surface area contributed by atoms with E-state index in [2.05, 4.69) is 268 Å². The van der Waals surface area contributed by atoms with Crippen molar-refractivity contribution >= 4 is 34.1 Å². The van der Waals surface area contributed by atoms with Crippen LogP contribution in [0.25, 0.3) is 33.4 Å². The van der Waals surface area contributed by atoms with Crippen LogP contribution in [-0.4, -0.2) is 0 Å². The fourth-order valence-corrected chi connectivity index (χ4v) is 12.9. The highest BCUT2D eigenvalue weighted by Gasteiger charge is 2.52. The first kappa shape index (κ1) is 40.6. The molecule has 0 saturated heterocycles. The van der Waals surface area contributed by atoms with Crippen LogP contribution in [0, 0.1) is 0 Å². The van der Waals surface area contributed by atoms with Crippen molar-refractivity contribution in [3.8, 4) is 44.9 Å². The molecular formula is C67H50N2O. The van der Waals surface area contributed by atoms with Gasteiger partial charge in [0.2, 0.25) is 0 Å². The van der Waals surface area contributed by atoms with Gasteiger partial charge in [-0.2, -0.15) is 0 Å². The second-order valence-electron chi connectivity index (χ2n) is 20.4. The SMILES string of the molecule is CC1(C)c2ccccc2-c2ccc(N(c3ccccc3)c3ccc4c(c3)C3(c5ccccc5Oc5ccccc53)c3cc(N(c5ccccc5)c5ccc6c(c5)C(C)(C)c5ccccc5-6)ccc3-4)cc21. The first-order chi connectivity index (χ1) is 34.2. The van der Waals surface area contributed by atoms with Gasteiger partial charge in [0.1, 0.15) is 11.5 Å². The Morgan fingerprint density at radius 2 is 0.557 bits per heavy atom. The van der Waals surface area contributed by atoms with E-state index in [0.29, 0.717) is 0 Å². The third kappa shape index (κ3) is 5.58. The lowest BCUT2D eigenvalue weighted by Crippen LogP contribution is -2.32. The Bertz CT molecular complexity index is 3520. The van der Waals surface area contributed by atoms with E-state index in [1.165, 1.54) is 66.8 Å². The third-order valence-corrected chi connectivity index (χ3v) is 16.1. The zero-order chi connectivity index (χ0) is 46.9. The van der Waals surface area contributed by atoms with Gasteiger partial charge in [-0.3, -0.25) is 0 Å². The van der Waals surface area contributed by atoms with Crippen LogP contribution in [0.5, 0.6) is 11.5 Å². The molecule has 3 aliphatic carbocycles. The first-order valence-electron chi connectivity index (χ1n) is 24.6. The topological polar surface area (TPSA) is 15.7 Å². The molecule has 334 valence electrons. The van der Waals surface area contributed by atoms with E-state index in [1.54, 1.807) is 0 Å². The lowest BCUT2D eigenvalue weighted by atomic mass is 9.66. The van der Waals surface area contributed by atoms with Gasteiger partial charge in [0.15, 0.2) is 0 Å². The minimum atomic E-state index is -0.712. The van der Waals surface area contributed by atoms with Crippen LogP contribution >= 0.6 is 0 Å². The molecule has 0 fully saturated rings. The molecule has 0 saturated carbocycles. The largest absolute Gasteiger partial charge is 0.457 e. The van der Waals surface area contributed by atoms with Crippen LogP contribution in [0.15, 0.2) is 231 Å². The van der Waals surface area contributed by atoms with Crippen LogP contribution in [0.4, 0.5) is 34.1 Å². The van der Waals surface area contributed by atoms with Gasteiger partial charge in [0.25, 0.3) is 0 Å². The molecule has 14 rings (SSSR count). The molecule has 1 heterocycles. The van der Waals surface area contributed by atoms with Crippen LogP contribution in [0.1, 0.15) is 72.2 Å². The van der Waals surface area contributed by atoms with Crippen LogP contribution in [0.3, 0.4) is 0 Å². The first-order valence-corrected chi connectivity index (χ1v) is 24.6. The average molecular weight is 899 g/mol. The standard InChI is InChI=1S/C67H50N2O/c1-65(2)55-25-13-11-23-49(55)51-35-31-45(39-59(51)65)68(43-19-7-5-8-20-43)47-33-37-53-54-38-34-48(42-62(54)67(61(53)41-47)57-27-15-17-29-63(57)70-64-30-18-16-28-58(64)67)69(44-21-9-6-10-22-44)46-32-36-52-50-24-12-14-26-56(50)66(3,4)60(52)40-46/h5-42H,1-4H3. The monoisotopic (exact) mass is 898 g/mol. The molecule has 0 aromatic heterocycles. The maximum Gasteiger partial charge on any atom is 0.132 e. The molecule has 0 radical (unpaired) electrons.